The van der Waals surface area contributed by atoms with Crippen molar-refractivity contribution in [1.29, 1.82) is 0 Å². The van der Waals surface area contributed by atoms with Gasteiger partial charge in [-0.15, -0.1) is 0 Å². The van der Waals surface area contributed by atoms with Crippen LogP contribution in [0.25, 0.3) is 0 Å². The lowest BCUT2D eigenvalue weighted by Crippen LogP contribution is -2.32. The largest absolute Gasteiger partial charge is 0.378 e. The van der Waals surface area contributed by atoms with Gasteiger partial charge < -0.3 is 10.8 Å². The predicted octanol–water partition coefficient (Wildman–Crippen LogP) is 1.01. The van der Waals surface area contributed by atoms with Crippen LogP contribution in [-0.2, 0) is 0 Å². The molecule has 2 atom stereocenters. The third kappa shape index (κ3) is 1.58. The standard InChI is InChI=1S/C8H15NO/c1-6-4-2-3-5-7(6)8(9)10/h7-8,10H,1-5,9H2. The van der Waals surface area contributed by atoms with Crippen molar-refractivity contribution in [3.63, 3.8) is 0 Å². The second-order valence-electron chi connectivity index (χ2n) is 3.00. The molecule has 1 saturated carbocycles. The van der Waals surface area contributed by atoms with Crippen molar-refractivity contribution in [2.75, 3.05) is 0 Å². The Bertz CT molecular complexity index is 131. The fourth-order valence-corrected chi connectivity index (χ4v) is 1.52. The van der Waals surface area contributed by atoms with Crippen LogP contribution in [0.4, 0.5) is 0 Å². The van der Waals surface area contributed by atoms with Gasteiger partial charge in [0.1, 0.15) is 6.23 Å². The van der Waals surface area contributed by atoms with E-state index in [9.17, 15) is 0 Å². The molecule has 0 aromatic rings. The summed E-state index contributed by atoms with van der Waals surface area (Å²) in [6.45, 7) is 3.88. The molecule has 0 aliphatic heterocycles. The molecule has 58 valence electrons. The molecule has 0 heterocycles. The Kier molecular flexibility index (Phi) is 2.46. The van der Waals surface area contributed by atoms with Crippen molar-refractivity contribution < 1.29 is 5.11 Å². The summed E-state index contributed by atoms with van der Waals surface area (Å²) in [4.78, 5) is 0. The number of aliphatic hydroxyl groups is 1. The predicted molar refractivity (Wildman–Crippen MR) is 41.3 cm³/mol. The van der Waals surface area contributed by atoms with Gasteiger partial charge in [0.15, 0.2) is 0 Å². The van der Waals surface area contributed by atoms with Crippen LogP contribution in [0, 0.1) is 5.92 Å². The third-order valence-corrected chi connectivity index (χ3v) is 2.20. The molecule has 2 nitrogen and oxygen atoms in total. The number of aliphatic hydroxyl groups excluding tert-OH is 1. The van der Waals surface area contributed by atoms with Gasteiger partial charge in [0.25, 0.3) is 0 Å². The molecule has 1 aliphatic carbocycles. The average Bonchev–Trinajstić information content (AvgIpc) is 1.88. The van der Waals surface area contributed by atoms with Crippen molar-refractivity contribution in [1.82, 2.24) is 0 Å². The van der Waals surface area contributed by atoms with Crippen molar-refractivity contribution in [2.24, 2.45) is 11.7 Å². The van der Waals surface area contributed by atoms with Gasteiger partial charge in [0, 0.05) is 5.92 Å². The number of rotatable bonds is 1. The molecular formula is C8H15NO. The van der Waals surface area contributed by atoms with E-state index in [1.165, 1.54) is 12.8 Å². The monoisotopic (exact) mass is 141 g/mol. The topological polar surface area (TPSA) is 46.2 Å². The summed E-state index contributed by atoms with van der Waals surface area (Å²) in [6.07, 6.45) is 3.75. The summed E-state index contributed by atoms with van der Waals surface area (Å²) in [6, 6.07) is 0. The minimum absolute atomic E-state index is 0.161. The van der Waals surface area contributed by atoms with Crippen LogP contribution in [0.3, 0.4) is 0 Å². The van der Waals surface area contributed by atoms with Crippen molar-refractivity contribution in [3.8, 4) is 0 Å². The van der Waals surface area contributed by atoms with Crippen LogP contribution >= 0.6 is 0 Å². The number of nitrogens with two attached hydrogens (primary N) is 1. The van der Waals surface area contributed by atoms with E-state index in [2.05, 4.69) is 6.58 Å². The van der Waals surface area contributed by atoms with Gasteiger partial charge in [-0.1, -0.05) is 18.6 Å². The Labute approximate surface area is 61.7 Å². The van der Waals surface area contributed by atoms with E-state index in [1.54, 1.807) is 0 Å². The molecular weight excluding hydrogens is 126 g/mol. The zero-order chi connectivity index (χ0) is 7.56. The molecule has 1 aliphatic rings. The lowest BCUT2D eigenvalue weighted by atomic mass is 9.84. The molecule has 1 rings (SSSR count). The van der Waals surface area contributed by atoms with E-state index in [4.69, 9.17) is 10.8 Å². The minimum atomic E-state index is -0.687. The van der Waals surface area contributed by atoms with E-state index in [0.717, 1.165) is 18.4 Å². The van der Waals surface area contributed by atoms with Crippen LogP contribution in [0.5, 0.6) is 0 Å². The van der Waals surface area contributed by atoms with Gasteiger partial charge >= 0.3 is 0 Å². The van der Waals surface area contributed by atoms with Crippen LogP contribution in [0.2, 0.25) is 0 Å². The lowest BCUT2D eigenvalue weighted by molar-refractivity contribution is 0.118. The fraction of sp³-hybridized carbons (Fsp3) is 0.750. The molecule has 0 aromatic heterocycles. The Hall–Kier alpha value is -0.340. The first-order chi connectivity index (χ1) is 4.72. The van der Waals surface area contributed by atoms with Crippen LogP contribution in [-0.4, -0.2) is 11.3 Å². The molecule has 3 N–H and O–H groups in total. The van der Waals surface area contributed by atoms with Gasteiger partial charge in [-0.25, -0.2) is 0 Å². The summed E-state index contributed by atoms with van der Waals surface area (Å²) in [5.74, 6) is 0.161. The smallest absolute Gasteiger partial charge is 0.109 e. The van der Waals surface area contributed by atoms with E-state index in [0.29, 0.717) is 0 Å². The second kappa shape index (κ2) is 3.17. The summed E-state index contributed by atoms with van der Waals surface area (Å²) < 4.78 is 0. The molecule has 0 radical (unpaired) electrons. The Morgan fingerprint density at radius 1 is 1.60 bits per heavy atom. The quantitative estimate of drug-likeness (QED) is 0.423. The molecule has 1 fully saturated rings. The van der Waals surface area contributed by atoms with Gasteiger partial charge in [-0.2, -0.15) is 0 Å². The Balaban J connectivity index is 2.48. The molecule has 2 unspecified atom stereocenters. The van der Waals surface area contributed by atoms with Crippen LogP contribution in [0.15, 0.2) is 12.2 Å². The number of hydrogen-bond acceptors (Lipinski definition) is 2. The van der Waals surface area contributed by atoms with Gasteiger partial charge in [0.05, 0.1) is 0 Å². The highest BCUT2D eigenvalue weighted by Gasteiger charge is 2.21. The first kappa shape index (κ1) is 7.76. The molecule has 0 saturated heterocycles. The normalized spacial score (nSPS) is 30.2. The first-order valence-corrected chi connectivity index (χ1v) is 3.83. The Morgan fingerprint density at radius 3 is 2.70 bits per heavy atom. The van der Waals surface area contributed by atoms with Crippen LogP contribution < -0.4 is 5.73 Å². The minimum Gasteiger partial charge on any atom is -0.378 e. The van der Waals surface area contributed by atoms with Gasteiger partial charge in [0.2, 0.25) is 0 Å². The highest BCUT2D eigenvalue weighted by molar-refractivity contribution is 5.04. The molecule has 2 heteroatoms. The maximum atomic E-state index is 9.06. The van der Waals surface area contributed by atoms with Gasteiger partial charge in [-0.05, 0) is 19.3 Å². The number of hydrogen-bond donors (Lipinski definition) is 2. The van der Waals surface area contributed by atoms with Crippen molar-refractivity contribution in [2.45, 2.75) is 31.9 Å². The molecule has 0 aromatic carbocycles. The molecule has 0 amide bonds. The lowest BCUT2D eigenvalue weighted by Gasteiger charge is -2.26. The summed E-state index contributed by atoms with van der Waals surface area (Å²) >= 11 is 0. The van der Waals surface area contributed by atoms with Crippen LogP contribution in [0.1, 0.15) is 25.7 Å². The highest BCUT2D eigenvalue weighted by Crippen LogP contribution is 2.28. The zero-order valence-corrected chi connectivity index (χ0v) is 6.21. The zero-order valence-electron chi connectivity index (χ0n) is 6.21. The Morgan fingerprint density at radius 2 is 2.30 bits per heavy atom. The summed E-state index contributed by atoms with van der Waals surface area (Å²) in [5.41, 5.74) is 6.48. The molecule has 10 heavy (non-hydrogen) atoms. The molecule has 0 bridgehead atoms. The third-order valence-electron chi connectivity index (χ3n) is 2.20. The van der Waals surface area contributed by atoms with Crippen molar-refractivity contribution in [3.05, 3.63) is 12.2 Å². The van der Waals surface area contributed by atoms with E-state index < -0.39 is 6.23 Å². The van der Waals surface area contributed by atoms with E-state index in [1.807, 2.05) is 0 Å². The van der Waals surface area contributed by atoms with E-state index in [-0.39, 0.29) is 5.92 Å². The fourth-order valence-electron chi connectivity index (χ4n) is 1.52. The maximum Gasteiger partial charge on any atom is 0.109 e. The average molecular weight is 141 g/mol. The van der Waals surface area contributed by atoms with Gasteiger partial charge in [-0.3, -0.25) is 0 Å². The highest BCUT2D eigenvalue weighted by atomic mass is 16.3. The van der Waals surface area contributed by atoms with E-state index >= 15 is 0 Å². The summed E-state index contributed by atoms with van der Waals surface area (Å²) in [5, 5.41) is 9.06. The van der Waals surface area contributed by atoms with Crippen molar-refractivity contribution >= 4 is 0 Å². The second-order valence-corrected chi connectivity index (χ2v) is 3.00. The first-order valence-electron chi connectivity index (χ1n) is 3.83. The summed E-state index contributed by atoms with van der Waals surface area (Å²) in [7, 11) is 0. The maximum absolute atomic E-state index is 9.06. The SMILES string of the molecule is C=C1CCCCC1C(N)O. The molecule has 0 spiro atoms.